The summed E-state index contributed by atoms with van der Waals surface area (Å²) in [6, 6.07) is 9.79. The summed E-state index contributed by atoms with van der Waals surface area (Å²) in [4.78, 5) is 11.6. The maximum atomic E-state index is 11.6. The lowest BCUT2D eigenvalue weighted by atomic mass is 9.91. The highest BCUT2D eigenvalue weighted by Gasteiger charge is 2.26. The molecule has 94 valence electrons. The highest BCUT2D eigenvalue weighted by molar-refractivity contribution is 5.75. The normalized spacial score (nSPS) is 11.2. The van der Waals surface area contributed by atoms with Crippen LogP contribution < -0.4 is 0 Å². The predicted molar refractivity (Wildman–Crippen MR) is 66.3 cm³/mol. The van der Waals surface area contributed by atoms with Crippen molar-refractivity contribution in [3.05, 3.63) is 35.9 Å². The van der Waals surface area contributed by atoms with Crippen molar-refractivity contribution < 1.29 is 14.3 Å². The van der Waals surface area contributed by atoms with Crippen LogP contribution in [0.25, 0.3) is 0 Å². The molecule has 1 aromatic rings. The van der Waals surface area contributed by atoms with Crippen LogP contribution in [0.5, 0.6) is 0 Å². The van der Waals surface area contributed by atoms with Gasteiger partial charge in [-0.15, -0.1) is 0 Å². The standard InChI is InChI=1S/C14H20O3/c1-4-14(2,3)13(15)17-11-16-10-12-8-6-5-7-9-12/h5-9H,4,10-11H2,1-3H3. The maximum Gasteiger partial charge on any atom is 0.313 e. The number of ether oxygens (including phenoxy) is 2. The molecule has 1 aromatic carbocycles. The Balaban J connectivity index is 2.23. The topological polar surface area (TPSA) is 35.5 Å². The molecule has 0 spiro atoms. The van der Waals surface area contributed by atoms with E-state index in [9.17, 15) is 4.79 Å². The first-order valence-electron chi connectivity index (χ1n) is 5.85. The van der Waals surface area contributed by atoms with Crippen LogP contribution in [0.3, 0.4) is 0 Å². The van der Waals surface area contributed by atoms with E-state index in [1.165, 1.54) is 0 Å². The van der Waals surface area contributed by atoms with Gasteiger partial charge in [0.2, 0.25) is 0 Å². The zero-order chi connectivity index (χ0) is 12.7. The molecular formula is C14H20O3. The van der Waals surface area contributed by atoms with Crippen LogP contribution in [0.1, 0.15) is 32.8 Å². The number of esters is 1. The number of hydrogen-bond donors (Lipinski definition) is 0. The van der Waals surface area contributed by atoms with E-state index in [1.807, 2.05) is 51.1 Å². The van der Waals surface area contributed by atoms with Gasteiger partial charge in [0.25, 0.3) is 0 Å². The van der Waals surface area contributed by atoms with E-state index in [0.29, 0.717) is 6.61 Å². The number of carbonyl (C=O) groups excluding carboxylic acids is 1. The Bertz CT molecular complexity index is 344. The van der Waals surface area contributed by atoms with Crippen molar-refractivity contribution in [1.82, 2.24) is 0 Å². The number of carbonyl (C=O) groups is 1. The Hall–Kier alpha value is -1.35. The quantitative estimate of drug-likeness (QED) is 0.432. The first kappa shape index (κ1) is 13.7. The van der Waals surface area contributed by atoms with Gasteiger partial charge in [-0.2, -0.15) is 0 Å². The van der Waals surface area contributed by atoms with Crippen LogP contribution in [0.2, 0.25) is 0 Å². The van der Waals surface area contributed by atoms with E-state index in [2.05, 4.69) is 0 Å². The van der Waals surface area contributed by atoms with Gasteiger partial charge in [0.15, 0.2) is 6.79 Å². The van der Waals surface area contributed by atoms with Crippen molar-refractivity contribution in [2.45, 2.75) is 33.8 Å². The fourth-order valence-corrected chi connectivity index (χ4v) is 1.17. The Labute approximate surface area is 103 Å². The molecule has 3 heteroatoms. The molecule has 3 nitrogen and oxygen atoms in total. The van der Waals surface area contributed by atoms with E-state index in [1.54, 1.807) is 0 Å². The van der Waals surface area contributed by atoms with E-state index in [0.717, 1.165) is 12.0 Å². The van der Waals surface area contributed by atoms with E-state index >= 15 is 0 Å². The second kappa shape index (κ2) is 6.40. The van der Waals surface area contributed by atoms with Crippen LogP contribution in [-0.2, 0) is 20.9 Å². The van der Waals surface area contributed by atoms with Crippen LogP contribution in [0, 0.1) is 5.41 Å². The summed E-state index contributed by atoms with van der Waals surface area (Å²) >= 11 is 0. The van der Waals surface area contributed by atoms with E-state index in [-0.39, 0.29) is 12.8 Å². The van der Waals surface area contributed by atoms with Gasteiger partial charge in [-0.1, -0.05) is 37.3 Å². The minimum atomic E-state index is -0.434. The largest absolute Gasteiger partial charge is 0.438 e. The fourth-order valence-electron chi connectivity index (χ4n) is 1.17. The lowest BCUT2D eigenvalue weighted by molar-refractivity contribution is -0.167. The SMILES string of the molecule is CCC(C)(C)C(=O)OCOCc1ccccc1. The molecule has 0 unspecified atom stereocenters. The van der Waals surface area contributed by atoms with Gasteiger partial charge < -0.3 is 9.47 Å². The summed E-state index contributed by atoms with van der Waals surface area (Å²) in [5.74, 6) is -0.215. The summed E-state index contributed by atoms with van der Waals surface area (Å²) < 4.78 is 10.3. The number of benzene rings is 1. The van der Waals surface area contributed by atoms with Gasteiger partial charge in [-0.05, 0) is 25.8 Å². The molecule has 0 aliphatic rings. The third-order valence-corrected chi connectivity index (χ3v) is 2.82. The molecule has 0 aromatic heterocycles. The molecule has 0 saturated heterocycles. The van der Waals surface area contributed by atoms with Crippen LogP contribution in [0.15, 0.2) is 30.3 Å². The van der Waals surface area contributed by atoms with Crippen LogP contribution in [0.4, 0.5) is 0 Å². The molecule has 0 bridgehead atoms. The minimum absolute atomic E-state index is 0.0111. The third kappa shape index (κ3) is 4.57. The maximum absolute atomic E-state index is 11.6. The monoisotopic (exact) mass is 236 g/mol. The van der Waals surface area contributed by atoms with E-state index < -0.39 is 5.41 Å². The Morgan fingerprint density at radius 3 is 2.47 bits per heavy atom. The second-order valence-electron chi connectivity index (χ2n) is 4.62. The molecule has 0 saturated carbocycles. The van der Waals surface area contributed by atoms with Crippen molar-refractivity contribution >= 4 is 5.97 Å². The van der Waals surface area contributed by atoms with Crippen molar-refractivity contribution in [1.29, 1.82) is 0 Å². The first-order valence-corrected chi connectivity index (χ1v) is 5.85. The summed E-state index contributed by atoms with van der Waals surface area (Å²) in [5, 5.41) is 0. The average Bonchev–Trinajstić information content (AvgIpc) is 2.35. The van der Waals surface area contributed by atoms with Crippen molar-refractivity contribution in [3.63, 3.8) is 0 Å². The Morgan fingerprint density at radius 1 is 1.24 bits per heavy atom. The van der Waals surface area contributed by atoms with E-state index in [4.69, 9.17) is 9.47 Å². The Kier molecular flexibility index (Phi) is 5.16. The molecule has 0 atom stereocenters. The van der Waals surface area contributed by atoms with Crippen molar-refractivity contribution in [2.75, 3.05) is 6.79 Å². The molecule has 17 heavy (non-hydrogen) atoms. The highest BCUT2D eigenvalue weighted by Crippen LogP contribution is 2.21. The molecule has 0 aliphatic carbocycles. The predicted octanol–water partition coefficient (Wildman–Crippen LogP) is 3.14. The molecule has 0 aliphatic heterocycles. The van der Waals surface area contributed by atoms with Gasteiger partial charge in [0, 0.05) is 0 Å². The average molecular weight is 236 g/mol. The van der Waals surface area contributed by atoms with Gasteiger partial charge in [0.05, 0.1) is 12.0 Å². The lowest BCUT2D eigenvalue weighted by Gasteiger charge is -2.20. The molecule has 0 N–H and O–H groups in total. The van der Waals surface area contributed by atoms with Crippen molar-refractivity contribution in [3.8, 4) is 0 Å². The number of hydrogen-bond acceptors (Lipinski definition) is 3. The molecular weight excluding hydrogens is 216 g/mol. The highest BCUT2D eigenvalue weighted by atomic mass is 16.7. The Morgan fingerprint density at radius 2 is 1.88 bits per heavy atom. The molecule has 1 rings (SSSR count). The summed E-state index contributed by atoms with van der Waals surface area (Å²) in [5.41, 5.74) is 0.633. The lowest BCUT2D eigenvalue weighted by Crippen LogP contribution is -2.26. The number of rotatable bonds is 6. The zero-order valence-corrected chi connectivity index (χ0v) is 10.7. The molecule has 0 amide bonds. The summed E-state index contributed by atoms with van der Waals surface area (Å²) in [6.45, 7) is 6.17. The zero-order valence-electron chi connectivity index (χ0n) is 10.7. The smallest absolute Gasteiger partial charge is 0.313 e. The minimum Gasteiger partial charge on any atom is -0.438 e. The van der Waals surface area contributed by atoms with Gasteiger partial charge in [0.1, 0.15) is 0 Å². The van der Waals surface area contributed by atoms with Gasteiger partial charge in [-0.25, -0.2) is 0 Å². The molecule has 0 heterocycles. The van der Waals surface area contributed by atoms with Crippen LogP contribution >= 0.6 is 0 Å². The first-order chi connectivity index (χ1) is 8.06. The van der Waals surface area contributed by atoms with Crippen LogP contribution in [-0.4, -0.2) is 12.8 Å². The van der Waals surface area contributed by atoms with Crippen molar-refractivity contribution in [2.24, 2.45) is 5.41 Å². The molecule has 0 radical (unpaired) electrons. The fraction of sp³-hybridized carbons (Fsp3) is 0.500. The van der Waals surface area contributed by atoms with Gasteiger partial charge in [-0.3, -0.25) is 4.79 Å². The van der Waals surface area contributed by atoms with Gasteiger partial charge >= 0.3 is 5.97 Å². The summed E-state index contributed by atoms with van der Waals surface area (Å²) in [6.07, 6.45) is 0.754. The third-order valence-electron chi connectivity index (χ3n) is 2.82. The molecule has 0 fully saturated rings. The summed E-state index contributed by atoms with van der Waals surface area (Å²) in [7, 11) is 0. The second-order valence-corrected chi connectivity index (χ2v) is 4.62.